The van der Waals surface area contributed by atoms with Gasteiger partial charge in [0.05, 0.1) is 33.5 Å². The van der Waals surface area contributed by atoms with Crippen molar-refractivity contribution in [2.45, 2.75) is 26.2 Å². The van der Waals surface area contributed by atoms with Crippen molar-refractivity contribution in [1.82, 2.24) is 0 Å². The standard InChI is InChI=1S/C42H27NOS.C40H31NOS/c1-3-12-28(13-4-1)29-24-26-31(27-25-29)43(35-19-10-22-38-40(35)33-16-7-8-21-37(33)44-38)36-20-11-23-39-41(36)34-18-9-17-32(42(34)45-39)30-14-5-2-6-15-30;1-40(2,3)31-16-9-15-30-38-33(18-11-21-36(38)43-39(30)31)41(28-24-22-27(23-25-28)26-12-5-4-6-13-26)32-17-10-20-35-37(32)29-14-7-8-19-34(29)42-35/h1-27H;4-25H,1-3H3. The van der Waals surface area contributed by atoms with E-state index in [-0.39, 0.29) is 5.41 Å². The third-order valence-electron chi connectivity index (χ3n) is 17.1. The average molecular weight is 1170 g/mol. The maximum absolute atomic E-state index is 6.37. The molecule has 4 nitrogen and oxygen atoms in total. The molecule has 0 fully saturated rings. The minimum atomic E-state index is 0.0504. The molecular formula is C82H58N2O2S2. The maximum atomic E-state index is 6.37. The Morgan fingerprint density at radius 3 is 1.10 bits per heavy atom. The van der Waals surface area contributed by atoms with Crippen LogP contribution >= 0.6 is 22.7 Å². The molecule has 17 aromatic rings. The molecule has 88 heavy (non-hydrogen) atoms. The van der Waals surface area contributed by atoms with E-state index in [1.807, 2.05) is 34.8 Å². The van der Waals surface area contributed by atoms with Crippen molar-refractivity contribution >= 4 is 141 Å². The minimum Gasteiger partial charge on any atom is -0.456 e. The summed E-state index contributed by atoms with van der Waals surface area (Å²) in [5.74, 6) is 0. The van der Waals surface area contributed by atoms with Crippen molar-refractivity contribution in [2.75, 3.05) is 9.80 Å². The van der Waals surface area contributed by atoms with Gasteiger partial charge in [-0.15, -0.1) is 22.7 Å². The van der Waals surface area contributed by atoms with Crippen LogP contribution in [0.25, 0.3) is 118 Å². The number of anilines is 6. The molecule has 0 amide bonds. The topological polar surface area (TPSA) is 32.8 Å². The van der Waals surface area contributed by atoms with Crippen LogP contribution in [0, 0.1) is 0 Å². The molecule has 0 N–H and O–H groups in total. The molecule has 0 aliphatic rings. The van der Waals surface area contributed by atoms with Crippen LogP contribution < -0.4 is 9.80 Å². The molecule has 0 bridgehead atoms. The van der Waals surface area contributed by atoms with Gasteiger partial charge in [0.15, 0.2) is 0 Å². The first-order valence-electron chi connectivity index (χ1n) is 30.0. The van der Waals surface area contributed by atoms with Crippen molar-refractivity contribution in [3.05, 3.63) is 303 Å². The van der Waals surface area contributed by atoms with Crippen LogP contribution in [-0.2, 0) is 5.41 Å². The molecule has 420 valence electrons. The number of hydrogen-bond acceptors (Lipinski definition) is 6. The first kappa shape index (κ1) is 53.0. The van der Waals surface area contributed by atoms with Crippen LogP contribution in [0.15, 0.2) is 306 Å². The van der Waals surface area contributed by atoms with Crippen LogP contribution in [0.4, 0.5) is 34.1 Å². The SMILES string of the molecule is CC(C)(C)c1cccc2c1sc1cccc(N(c3ccc(-c4ccccc4)cc3)c3cccc4oc5ccccc5c34)c12.c1ccc(-c2ccc(N(c3cccc4oc5ccccc5c34)c3cccc4sc5c(-c6ccccc6)cccc5c34)cc2)cc1. The van der Waals surface area contributed by atoms with Crippen molar-refractivity contribution in [3.63, 3.8) is 0 Å². The van der Waals surface area contributed by atoms with Crippen LogP contribution in [0.3, 0.4) is 0 Å². The van der Waals surface area contributed by atoms with E-state index < -0.39 is 0 Å². The number of benzene rings is 13. The Labute approximate surface area is 518 Å². The van der Waals surface area contributed by atoms with Crippen LogP contribution in [0.1, 0.15) is 26.3 Å². The average Bonchev–Trinajstić information content (AvgIpc) is 1.80. The summed E-state index contributed by atoms with van der Waals surface area (Å²) in [6, 6.07) is 106. The lowest BCUT2D eigenvalue weighted by Crippen LogP contribution is -2.11. The first-order valence-corrected chi connectivity index (χ1v) is 31.6. The Morgan fingerprint density at radius 1 is 0.273 bits per heavy atom. The number of rotatable bonds is 9. The molecule has 4 aromatic heterocycles. The first-order chi connectivity index (χ1) is 43.3. The number of furan rings is 2. The predicted octanol–water partition coefficient (Wildman–Crippen LogP) is 25.1. The molecule has 4 heterocycles. The van der Waals surface area contributed by atoms with Gasteiger partial charge >= 0.3 is 0 Å². The number of nitrogens with zero attached hydrogens (tertiary/aromatic N) is 2. The fourth-order valence-corrected chi connectivity index (χ4v) is 15.7. The summed E-state index contributed by atoms with van der Waals surface area (Å²) in [7, 11) is 0. The van der Waals surface area contributed by atoms with Crippen LogP contribution in [-0.4, -0.2) is 0 Å². The van der Waals surface area contributed by atoms with Gasteiger partial charge in [-0.25, -0.2) is 0 Å². The molecule has 13 aromatic carbocycles. The van der Waals surface area contributed by atoms with Gasteiger partial charge in [-0.1, -0.05) is 233 Å². The van der Waals surface area contributed by atoms with E-state index in [0.717, 1.165) is 72.3 Å². The van der Waals surface area contributed by atoms with Gasteiger partial charge in [0.1, 0.15) is 22.3 Å². The third kappa shape index (κ3) is 9.19. The quantitative estimate of drug-likeness (QED) is 0.144. The van der Waals surface area contributed by atoms with Gasteiger partial charge in [-0.05, 0) is 129 Å². The Kier molecular flexibility index (Phi) is 13.1. The van der Waals surface area contributed by atoms with E-state index in [0.29, 0.717) is 0 Å². The fraction of sp³-hybridized carbons (Fsp3) is 0.0488. The van der Waals surface area contributed by atoms with E-state index in [1.54, 1.807) is 0 Å². The van der Waals surface area contributed by atoms with Crippen LogP contribution in [0.5, 0.6) is 0 Å². The summed E-state index contributed by atoms with van der Waals surface area (Å²) in [6.45, 7) is 6.91. The van der Waals surface area contributed by atoms with E-state index in [4.69, 9.17) is 8.83 Å². The number of thiophene rings is 2. The normalized spacial score (nSPS) is 11.8. The molecule has 0 spiro atoms. The molecule has 0 aliphatic carbocycles. The molecule has 0 saturated carbocycles. The molecular weight excluding hydrogens is 1110 g/mol. The highest BCUT2D eigenvalue weighted by atomic mass is 32.1. The van der Waals surface area contributed by atoms with Crippen molar-refractivity contribution in [2.24, 2.45) is 0 Å². The van der Waals surface area contributed by atoms with Gasteiger partial charge in [-0.2, -0.15) is 0 Å². The summed E-state index contributed by atoms with van der Waals surface area (Å²) < 4.78 is 18.0. The largest absolute Gasteiger partial charge is 0.456 e. The Hall–Kier alpha value is -10.5. The Morgan fingerprint density at radius 2 is 0.625 bits per heavy atom. The molecule has 6 heteroatoms. The molecule has 0 aliphatic heterocycles. The van der Waals surface area contributed by atoms with Gasteiger partial charge in [0, 0.05) is 62.5 Å². The molecule has 0 atom stereocenters. The second kappa shape index (κ2) is 21.8. The monoisotopic (exact) mass is 1170 g/mol. The molecule has 0 unspecified atom stereocenters. The lowest BCUT2D eigenvalue weighted by Gasteiger charge is -2.27. The molecule has 0 saturated heterocycles. The Balaban J connectivity index is 0.000000142. The smallest absolute Gasteiger partial charge is 0.137 e. The van der Waals surface area contributed by atoms with Crippen LogP contribution in [0.2, 0.25) is 0 Å². The third-order valence-corrected chi connectivity index (χ3v) is 19.5. The highest BCUT2D eigenvalue weighted by Gasteiger charge is 2.27. The summed E-state index contributed by atoms with van der Waals surface area (Å²) in [4.78, 5) is 4.85. The second-order valence-electron chi connectivity index (χ2n) is 23.5. The minimum absolute atomic E-state index is 0.0504. The fourth-order valence-electron chi connectivity index (χ4n) is 13.0. The molecule has 0 radical (unpaired) electrons. The summed E-state index contributed by atoms with van der Waals surface area (Å²) in [6.07, 6.45) is 0. The number of hydrogen-bond donors (Lipinski definition) is 0. The van der Waals surface area contributed by atoms with Gasteiger partial charge < -0.3 is 18.6 Å². The summed E-state index contributed by atoms with van der Waals surface area (Å²) >= 11 is 3.77. The zero-order valence-corrected chi connectivity index (χ0v) is 50.5. The van der Waals surface area contributed by atoms with E-state index >= 15 is 0 Å². The molecule has 17 rings (SSSR count). The highest BCUT2D eigenvalue weighted by molar-refractivity contribution is 7.26. The van der Waals surface area contributed by atoms with Gasteiger partial charge in [0.2, 0.25) is 0 Å². The van der Waals surface area contributed by atoms with Crippen molar-refractivity contribution in [3.8, 4) is 33.4 Å². The summed E-state index contributed by atoms with van der Waals surface area (Å²) in [5.41, 5.74) is 19.0. The zero-order chi connectivity index (χ0) is 58.9. The van der Waals surface area contributed by atoms with E-state index in [9.17, 15) is 0 Å². The predicted molar refractivity (Wildman–Crippen MR) is 378 cm³/mol. The van der Waals surface area contributed by atoms with Crippen molar-refractivity contribution in [1.29, 1.82) is 0 Å². The van der Waals surface area contributed by atoms with E-state index in [2.05, 4.69) is 316 Å². The van der Waals surface area contributed by atoms with E-state index in [1.165, 1.54) is 85.0 Å². The zero-order valence-electron chi connectivity index (χ0n) is 48.8. The van der Waals surface area contributed by atoms with Crippen molar-refractivity contribution < 1.29 is 8.83 Å². The van der Waals surface area contributed by atoms with Gasteiger partial charge in [0.25, 0.3) is 0 Å². The highest BCUT2D eigenvalue weighted by Crippen LogP contribution is 2.52. The summed E-state index contributed by atoms with van der Waals surface area (Å²) in [5, 5.41) is 9.58. The lowest BCUT2D eigenvalue weighted by atomic mass is 9.86. The second-order valence-corrected chi connectivity index (χ2v) is 25.6. The number of para-hydroxylation sites is 2. The lowest BCUT2D eigenvalue weighted by molar-refractivity contribution is 0.597. The maximum Gasteiger partial charge on any atom is 0.137 e. The Bertz CT molecular complexity index is 5420. The number of fused-ring (bicyclic) bond motifs is 12. The van der Waals surface area contributed by atoms with Gasteiger partial charge in [-0.3, -0.25) is 0 Å².